The molecular formula is C20H25N3O2. The van der Waals surface area contributed by atoms with E-state index in [1.165, 1.54) is 0 Å². The summed E-state index contributed by atoms with van der Waals surface area (Å²) >= 11 is 0. The molecule has 5 heteroatoms. The highest BCUT2D eigenvalue weighted by atomic mass is 16.5. The third-order valence-electron chi connectivity index (χ3n) is 4.07. The van der Waals surface area contributed by atoms with Crippen LogP contribution in [0.5, 0.6) is 5.75 Å². The molecule has 0 spiro atoms. The van der Waals surface area contributed by atoms with Crippen molar-refractivity contribution in [1.29, 1.82) is 0 Å². The number of benzene rings is 1. The Morgan fingerprint density at radius 2 is 1.68 bits per heavy atom. The van der Waals surface area contributed by atoms with Gasteiger partial charge in [-0.3, -0.25) is 4.79 Å². The third kappa shape index (κ3) is 4.50. The summed E-state index contributed by atoms with van der Waals surface area (Å²) in [6.07, 6.45) is 1.80. The summed E-state index contributed by atoms with van der Waals surface area (Å²) in [5.41, 5.74) is 0.459. The molecule has 25 heavy (non-hydrogen) atoms. The maximum absolute atomic E-state index is 12.7. The lowest BCUT2D eigenvalue weighted by atomic mass is 10.1. The Hall–Kier alpha value is -2.56. The van der Waals surface area contributed by atoms with Crippen molar-refractivity contribution in [1.82, 2.24) is 9.88 Å². The van der Waals surface area contributed by atoms with Crippen molar-refractivity contribution >= 4 is 11.7 Å². The number of amides is 1. The number of hydrogen-bond acceptors (Lipinski definition) is 4. The number of rotatable bonds is 3. The van der Waals surface area contributed by atoms with Crippen LogP contribution in [0, 0.1) is 0 Å². The molecule has 132 valence electrons. The van der Waals surface area contributed by atoms with E-state index >= 15 is 0 Å². The second-order valence-electron chi connectivity index (χ2n) is 7.21. The van der Waals surface area contributed by atoms with Gasteiger partial charge < -0.3 is 14.5 Å². The molecule has 1 amide bonds. The molecule has 1 aromatic carbocycles. The van der Waals surface area contributed by atoms with E-state index < -0.39 is 0 Å². The van der Waals surface area contributed by atoms with Crippen LogP contribution in [-0.4, -0.2) is 47.6 Å². The van der Waals surface area contributed by atoms with Crippen molar-refractivity contribution in [2.45, 2.75) is 26.4 Å². The van der Waals surface area contributed by atoms with Gasteiger partial charge in [-0.05, 0) is 57.2 Å². The average molecular weight is 339 g/mol. The average Bonchev–Trinajstić information content (AvgIpc) is 2.61. The largest absolute Gasteiger partial charge is 0.488 e. The van der Waals surface area contributed by atoms with Crippen LogP contribution in [0.15, 0.2) is 48.7 Å². The second kappa shape index (κ2) is 7.13. The molecule has 0 radical (unpaired) electrons. The molecule has 5 nitrogen and oxygen atoms in total. The zero-order chi connectivity index (χ0) is 17.9. The highest BCUT2D eigenvalue weighted by Crippen LogP contribution is 2.20. The maximum Gasteiger partial charge on any atom is 0.253 e. The summed E-state index contributed by atoms with van der Waals surface area (Å²) < 4.78 is 5.81. The van der Waals surface area contributed by atoms with E-state index in [0.29, 0.717) is 18.7 Å². The maximum atomic E-state index is 12.7. The molecule has 0 atom stereocenters. The predicted molar refractivity (Wildman–Crippen MR) is 99.2 cm³/mol. The summed E-state index contributed by atoms with van der Waals surface area (Å²) in [5, 5.41) is 0. The number of carbonyl (C=O) groups excluding carboxylic acids is 1. The summed E-state index contributed by atoms with van der Waals surface area (Å²) in [7, 11) is 0. The molecule has 0 unspecified atom stereocenters. The predicted octanol–water partition coefficient (Wildman–Crippen LogP) is 3.22. The van der Waals surface area contributed by atoms with Gasteiger partial charge in [-0.25, -0.2) is 4.98 Å². The Balaban J connectivity index is 1.59. The number of piperazine rings is 1. The summed E-state index contributed by atoms with van der Waals surface area (Å²) in [6, 6.07) is 13.3. The molecule has 1 aliphatic heterocycles. The fourth-order valence-electron chi connectivity index (χ4n) is 2.88. The Bertz CT molecular complexity index is 700. The van der Waals surface area contributed by atoms with Gasteiger partial charge in [-0.15, -0.1) is 0 Å². The molecular weight excluding hydrogens is 314 g/mol. The number of anilines is 1. The normalized spacial score (nSPS) is 15.2. The summed E-state index contributed by atoms with van der Waals surface area (Å²) in [6.45, 7) is 9.03. The van der Waals surface area contributed by atoms with Gasteiger partial charge in [0.15, 0.2) is 0 Å². The fraction of sp³-hybridized carbons (Fsp3) is 0.400. The van der Waals surface area contributed by atoms with E-state index in [9.17, 15) is 4.79 Å². The van der Waals surface area contributed by atoms with Crippen LogP contribution in [0.1, 0.15) is 31.1 Å². The van der Waals surface area contributed by atoms with Crippen LogP contribution >= 0.6 is 0 Å². The number of ether oxygens (including phenoxy) is 1. The molecule has 2 heterocycles. The molecule has 1 saturated heterocycles. The minimum atomic E-state index is -0.243. The van der Waals surface area contributed by atoms with E-state index in [-0.39, 0.29) is 11.5 Å². The van der Waals surface area contributed by atoms with Crippen molar-refractivity contribution in [3.05, 3.63) is 54.2 Å². The second-order valence-corrected chi connectivity index (χ2v) is 7.21. The van der Waals surface area contributed by atoms with Gasteiger partial charge in [0.25, 0.3) is 5.91 Å². The third-order valence-corrected chi connectivity index (χ3v) is 4.07. The molecule has 0 aliphatic carbocycles. The first-order chi connectivity index (χ1) is 11.9. The Morgan fingerprint density at radius 3 is 2.24 bits per heavy atom. The Kier molecular flexibility index (Phi) is 4.93. The van der Waals surface area contributed by atoms with Gasteiger partial charge in [0.1, 0.15) is 17.2 Å². The van der Waals surface area contributed by atoms with Crippen LogP contribution in [0.2, 0.25) is 0 Å². The Labute approximate surface area is 149 Å². The van der Waals surface area contributed by atoms with Crippen LogP contribution < -0.4 is 9.64 Å². The van der Waals surface area contributed by atoms with E-state index in [1.54, 1.807) is 6.20 Å². The zero-order valence-electron chi connectivity index (χ0n) is 15.1. The number of carbonyl (C=O) groups is 1. The summed E-state index contributed by atoms with van der Waals surface area (Å²) in [4.78, 5) is 21.2. The fourth-order valence-corrected chi connectivity index (χ4v) is 2.88. The highest BCUT2D eigenvalue weighted by Gasteiger charge is 2.23. The van der Waals surface area contributed by atoms with Crippen LogP contribution in [0.3, 0.4) is 0 Å². The lowest BCUT2D eigenvalue weighted by Crippen LogP contribution is -2.49. The van der Waals surface area contributed by atoms with Crippen molar-refractivity contribution in [3.8, 4) is 5.75 Å². The highest BCUT2D eigenvalue weighted by molar-refractivity contribution is 5.94. The first kappa shape index (κ1) is 17.3. The van der Waals surface area contributed by atoms with Gasteiger partial charge >= 0.3 is 0 Å². The van der Waals surface area contributed by atoms with Gasteiger partial charge in [0.05, 0.1) is 0 Å². The molecule has 3 rings (SSSR count). The van der Waals surface area contributed by atoms with Crippen molar-refractivity contribution in [3.63, 3.8) is 0 Å². The summed E-state index contributed by atoms with van der Waals surface area (Å²) in [5.74, 6) is 1.82. The van der Waals surface area contributed by atoms with E-state index in [0.717, 1.165) is 24.7 Å². The van der Waals surface area contributed by atoms with Crippen LogP contribution in [0.4, 0.5) is 5.82 Å². The van der Waals surface area contributed by atoms with Gasteiger partial charge in [-0.1, -0.05) is 6.07 Å². The molecule has 1 fully saturated rings. The molecule has 0 bridgehead atoms. The first-order valence-corrected chi connectivity index (χ1v) is 8.67. The number of nitrogens with zero attached hydrogens (tertiary/aromatic N) is 3. The van der Waals surface area contributed by atoms with Crippen molar-refractivity contribution in [2.24, 2.45) is 0 Å². The smallest absolute Gasteiger partial charge is 0.253 e. The standard InChI is InChI=1S/C20H25N3O2/c1-20(2,3)25-17-9-7-16(8-10-17)19(24)23-14-12-22(13-15-23)18-6-4-5-11-21-18/h4-11H,12-15H2,1-3H3. The van der Waals surface area contributed by atoms with E-state index in [1.807, 2.05) is 68.1 Å². The van der Waals surface area contributed by atoms with Crippen molar-refractivity contribution < 1.29 is 9.53 Å². The Morgan fingerprint density at radius 1 is 1.00 bits per heavy atom. The minimum absolute atomic E-state index is 0.0722. The minimum Gasteiger partial charge on any atom is -0.488 e. The first-order valence-electron chi connectivity index (χ1n) is 8.67. The van der Waals surface area contributed by atoms with Gasteiger partial charge in [0, 0.05) is 37.9 Å². The number of aromatic nitrogens is 1. The van der Waals surface area contributed by atoms with Gasteiger partial charge in [-0.2, -0.15) is 0 Å². The topological polar surface area (TPSA) is 45.7 Å². The van der Waals surface area contributed by atoms with E-state index in [4.69, 9.17) is 4.74 Å². The number of pyridine rings is 1. The lowest BCUT2D eigenvalue weighted by molar-refractivity contribution is 0.0746. The zero-order valence-corrected chi connectivity index (χ0v) is 15.1. The van der Waals surface area contributed by atoms with Crippen LogP contribution in [0.25, 0.3) is 0 Å². The molecule has 0 N–H and O–H groups in total. The molecule has 2 aromatic rings. The number of hydrogen-bond donors (Lipinski definition) is 0. The lowest BCUT2D eigenvalue weighted by Gasteiger charge is -2.35. The van der Waals surface area contributed by atoms with Crippen LogP contribution in [-0.2, 0) is 0 Å². The molecule has 1 aromatic heterocycles. The monoisotopic (exact) mass is 339 g/mol. The van der Waals surface area contributed by atoms with E-state index in [2.05, 4.69) is 9.88 Å². The molecule has 1 aliphatic rings. The molecule has 0 saturated carbocycles. The SMILES string of the molecule is CC(C)(C)Oc1ccc(C(=O)N2CCN(c3ccccn3)CC2)cc1. The quantitative estimate of drug-likeness (QED) is 0.861. The van der Waals surface area contributed by atoms with Gasteiger partial charge in [0.2, 0.25) is 0 Å². The van der Waals surface area contributed by atoms with Crippen molar-refractivity contribution in [2.75, 3.05) is 31.1 Å².